The highest BCUT2D eigenvalue weighted by atomic mass is 16.5. The molecular weight excluding hydrogens is 340 g/mol. The van der Waals surface area contributed by atoms with Crippen LogP contribution in [0.3, 0.4) is 0 Å². The topological polar surface area (TPSA) is 63.6 Å². The summed E-state index contributed by atoms with van der Waals surface area (Å²) >= 11 is 0. The number of methoxy groups -OCH3 is 1. The van der Waals surface area contributed by atoms with Gasteiger partial charge in [-0.15, -0.1) is 0 Å². The van der Waals surface area contributed by atoms with E-state index < -0.39 is 11.5 Å². The van der Waals surface area contributed by atoms with E-state index in [2.05, 4.69) is 19.1 Å². The van der Waals surface area contributed by atoms with Crippen molar-refractivity contribution < 1.29 is 19.4 Å². The molecule has 0 saturated carbocycles. The summed E-state index contributed by atoms with van der Waals surface area (Å²) in [6, 6.07) is 0. The molecule has 0 aromatic carbocycles. The Bertz CT molecular complexity index is 581. The van der Waals surface area contributed by atoms with Crippen LogP contribution in [0, 0.1) is 0 Å². The van der Waals surface area contributed by atoms with Crippen molar-refractivity contribution in [2.24, 2.45) is 0 Å². The number of ketones is 2. The second kappa shape index (κ2) is 13.3. The number of hydrogen-bond acceptors (Lipinski definition) is 4. The zero-order chi connectivity index (χ0) is 20.1. The Kier molecular flexibility index (Phi) is 11.5. The molecule has 0 saturated heterocycles. The number of ether oxygens (including phenoxy) is 1. The zero-order valence-electron chi connectivity index (χ0n) is 17.3. The van der Waals surface area contributed by atoms with Gasteiger partial charge in [0.2, 0.25) is 11.6 Å². The van der Waals surface area contributed by atoms with E-state index in [1.807, 2.05) is 0 Å². The van der Waals surface area contributed by atoms with Gasteiger partial charge in [-0.25, -0.2) is 0 Å². The molecule has 0 fully saturated rings. The van der Waals surface area contributed by atoms with Gasteiger partial charge in [0, 0.05) is 11.1 Å². The Morgan fingerprint density at radius 3 is 2.00 bits per heavy atom. The number of unbranched alkanes of at least 4 members (excludes halogenated alkanes) is 9. The smallest absolute Gasteiger partial charge is 0.227 e. The van der Waals surface area contributed by atoms with E-state index in [1.165, 1.54) is 65.4 Å². The van der Waals surface area contributed by atoms with Gasteiger partial charge >= 0.3 is 0 Å². The highest BCUT2D eigenvalue weighted by Crippen LogP contribution is 2.27. The van der Waals surface area contributed by atoms with Crippen molar-refractivity contribution >= 4 is 11.6 Å². The number of aliphatic hydroxyl groups is 1. The summed E-state index contributed by atoms with van der Waals surface area (Å²) in [6.07, 6.45) is 17.8. The van der Waals surface area contributed by atoms with Crippen LogP contribution in [0.1, 0.15) is 90.9 Å². The maximum absolute atomic E-state index is 12.3. The van der Waals surface area contributed by atoms with Gasteiger partial charge in [0.05, 0.1) is 7.11 Å². The molecule has 4 nitrogen and oxygen atoms in total. The second-order valence-corrected chi connectivity index (χ2v) is 7.27. The summed E-state index contributed by atoms with van der Waals surface area (Å²) in [5, 5.41) is 10.00. The molecule has 1 aliphatic rings. The Hall–Kier alpha value is -1.84. The molecule has 1 aliphatic carbocycles. The quantitative estimate of drug-likeness (QED) is 0.225. The molecule has 0 heterocycles. The van der Waals surface area contributed by atoms with E-state index in [9.17, 15) is 14.7 Å². The number of carbonyl (C=O) groups is 2. The third-order valence-corrected chi connectivity index (χ3v) is 5.06. The summed E-state index contributed by atoms with van der Waals surface area (Å²) in [4.78, 5) is 24.3. The fourth-order valence-corrected chi connectivity index (χ4v) is 3.32. The molecule has 4 heteroatoms. The van der Waals surface area contributed by atoms with Crippen LogP contribution in [0.15, 0.2) is 34.8 Å². The van der Waals surface area contributed by atoms with Crippen molar-refractivity contribution in [3.63, 3.8) is 0 Å². The van der Waals surface area contributed by atoms with Crippen LogP contribution in [0.5, 0.6) is 0 Å². The van der Waals surface area contributed by atoms with Crippen LogP contribution < -0.4 is 0 Å². The first-order valence-corrected chi connectivity index (χ1v) is 10.5. The molecule has 0 bridgehead atoms. The minimum Gasteiger partial charge on any atom is -0.504 e. The van der Waals surface area contributed by atoms with Crippen molar-refractivity contribution in [3.05, 3.63) is 34.8 Å². The van der Waals surface area contributed by atoms with E-state index in [1.54, 1.807) is 0 Å². The zero-order valence-corrected chi connectivity index (χ0v) is 17.3. The van der Waals surface area contributed by atoms with Crippen LogP contribution in [-0.4, -0.2) is 23.8 Å². The van der Waals surface area contributed by atoms with Crippen LogP contribution >= 0.6 is 0 Å². The lowest BCUT2D eigenvalue weighted by atomic mass is 9.91. The molecule has 1 N–H and O–H groups in total. The standard InChI is InChI=1S/C23H36O4/c1-4-5-6-7-8-9-10-11-12-13-14-15-16-17-19-21(25)20(24)18(2)23(27-3)22(19)26/h7-8,25H,4-6,9-17H2,1-3H3/b8-7+. The van der Waals surface area contributed by atoms with Gasteiger partial charge in [0.25, 0.3) is 0 Å². The van der Waals surface area contributed by atoms with E-state index in [0.717, 1.165) is 19.3 Å². The van der Waals surface area contributed by atoms with Crippen molar-refractivity contribution in [2.45, 2.75) is 90.9 Å². The first-order valence-electron chi connectivity index (χ1n) is 10.5. The molecule has 152 valence electrons. The van der Waals surface area contributed by atoms with Gasteiger partial charge in [0.1, 0.15) is 0 Å². The van der Waals surface area contributed by atoms with Gasteiger partial charge in [-0.3, -0.25) is 9.59 Å². The fourth-order valence-electron chi connectivity index (χ4n) is 3.32. The number of aliphatic hydroxyl groups excluding tert-OH is 1. The first-order chi connectivity index (χ1) is 13.0. The first kappa shape index (κ1) is 23.2. The lowest BCUT2D eigenvalue weighted by Crippen LogP contribution is -2.24. The molecule has 1 rings (SSSR count). The monoisotopic (exact) mass is 376 g/mol. The Morgan fingerprint density at radius 1 is 0.852 bits per heavy atom. The highest BCUT2D eigenvalue weighted by molar-refractivity contribution is 6.23. The Labute approximate surface area is 164 Å². The molecule has 0 amide bonds. The maximum atomic E-state index is 12.3. The Morgan fingerprint density at radius 2 is 1.41 bits per heavy atom. The van der Waals surface area contributed by atoms with Gasteiger partial charge in [0.15, 0.2) is 11.5 Å². The van der Waals surface area contributed by atoms with Crippen molar-refractivity contribution in [1.29, 1.82) is 0 Å². The third kappa shape index (κ3) is 7.74. The van der Waals surface area contributed by atoms with Crippen LogP contribution in [0.2, 0.25) is 0 Å². The minimum atomic E-state index is -0.495. The summed E-state index contributed by atoms with van der Waals surface area (Å²) in [6.45, 7) is 3.72. The van der Waals surface area contributed by atoms with Crippen molar-refractivity contribution in [1.82, 2.24) is 0 Å². The highest BCUT2D eigenvalue weighted by Gasteiger charge is 2.32. The molecule has 27 heavy (non-hydrogen) atoms. The lowest BCUT2D eigenvalue weighted by molar-refractivity contribution is -0.120. The summed E-state index contributed by atoms with van der Waals surface area (Å²) in [5.41, 5.74) is 0.390. The number of carbonyl (C=O) groups excluding carboxylic acids is 2. The predicted molar refractivity (Wildman–Crippen MR) is 110 cm³/mol. The molecule has 0 radical (unpaired) electrons. The number of rotatable bonds is 14. The van der Waals surface area contributed by atoms with Crippen molar-refractivity contribution in [2.75, 3.05) is 7.11 Å². The molecule has 0 atom stereocenters. The summed E-state index contributed by atoms with van der Waals surface area (Å²) in [5.74, 6) is -1.17. The number of hydrogen-bond donors (Lipinski definition) is 1. The third-order valence-electron chi connectivity index (χ3n) is 5.06. The largest absolute Gasteiger partial charge is 0.504 e. The van der Waals surface area contributed by atoms with E-state index in [-0.39, 0.29) is 22.7 Å². The predicted octanol–water partition coefficient (Wildman–Crippen LogP) is 6.13. The summed E-state index contributed by atoms with van der Waals surface area (Å²) < 4.78 is 5.04. The number of Topliss-reactive ketones (excluding diaryl/α,β-unsaturated/α-hetero) is 2. The summed E-state index contributed by atoms with van der Waals surface area (Å²) in [7, 11) is 1.38. The van der Waals surface area contributed by atoms with E-state index in [4.69, 9.17) is 4.74 Å². The molecule has 0 unspecified atom stereocenters. The fraction of sp³-hybridized carbons (Fsp3) is 0.652. The molecule has 0 aromatic rings. The SMILES string of the molecule is CCCC/C=C/CCCCCCCCCC1=C(O)C(=O)C(C)=C(OC)C1=O. The van der Waals surface area contributed by atoms with Gasteiger partial charge in [-0.1, -0.05) is 64.0 Å². The minimum absolute atomic E-state index is 0.0662. The lowest BCUT2D eigenvalue weighted by Gasteiger charge is -2.18. The Balaban J connectivity index is 2.16. The second-order valence-electron chi connectivity index (χ2n) is 7.27. The maximum Gasteiger partial charge on any atom is 0.227 e. The number of allylic oxidation sites excluding steroid dienone is 4. The van der Waals surface area contributed by atoms with E-state index >= 15 is 0 Å². The van der Waals surface area contributed by atoms with Crippen molar-refractivity contribution in [3.8, 4) is 0 Å². The van der Waals surface area contributed by atoms with E-state index in [0.29, 0.717) is 6.42 Å². The van der Waals surface area contributed by atoms with Gasteiger partial charge in [-0.2, -0.15) is 0 Å². The molecule has 0 aliphatic heterocycles. The van der Waals surface area contributed by atoms with Gasteiger partial charge in [-0.05, 0) is 39.0 Å². The van der Waals surface area contributed by atoms with Crippen LogP contribution in [0.25, 0.3) is 0 Å². The molecule has 0 aromatic heterocycles. The average Bonchev–Trinajstić information content (AvgIpc) is 2.66. The van der Waals surface area contributed by atoms with Crippen LogP contribution in [0.4, 0.5) is 0 Å². The molecular formula is C23H36O4. The normalized spacial score (nSPS) is 15.4. The van der Waals surface area contributed by atoms with Gasteiger partial charge < -0.3 is 9.84 Å². The molecule has 0 spiro atoms. The van der Waals surface area contributed by atoms with Crippen LogP contribution in [-0.2, 0) is 14.3 Å². The average molecular weight is 377 g/mol.